The van der Waals surface area contributed by atoms with E-state index in [4.69, 9.17) is 11.6 Å². The summed E-state index contributed by atoms with van der Waals surface area (Å²) in [5.41, 5.74) is 3.90. The van der Waals surface area contributed by atoms with Gasteiger partial charge in [-0.1, -0.05) is 29.8 Å². The Kier molecular flexibility index (Phi) is 7.17. The minimum absolute atomic E-state index is 0.0239. The normalized spacial score (nSPS) is 18.5. The Morgan fingerprint density at radius 2 is 1.59 bits per heavy atom. The second kappa shape index (κ2) is 10.1. The van der Waals surface area contributed by atoms with Gasteiger partial charge in [0, 0.05) is 30.7 Å². The van der Waals surface area contributed by atoms with Crippen LogP contribution < -0.4 is 5.32 Å². The summed E-state index contributed by atoms with van der Waals surface area (Å²) in [6.45, 7) is 7.52. The molecule has 2 fully saturated rings. The highest BCUT2D eigenvalue weighted by Gasteiger charge is 2.32. The largest absolute Gasteiger partial charge is 0.338 e. The van der Waals surface area contributed by atoms with Crippen LogP contribution in [0, 0.1) is 19.8 Å². The molecule has 0 aromatic heterocycles. The summed E-state index contributed by atoms with van der Waals surface area (Å²) < 4.78 is 0. The third-order valence-corrected chi connectivity index (χ3v) is 7.38. The highest BCUT2D eigenvalue weighted by Crippen LogP contribution is 2.27. The number of hydrogen-bond donors (Lipinski definition) is 1. The number of piperidine rings is 2. The fourth-order valence-electron chi connectivity index (χ4n) is 4.83. The number of rotatable bonds is 4. The minimum atomic E-state index is 0.0239. The van der Waals surface area contributed by atoms with Gasteiger partial charge in [-0.15, -0.1) is 0 Å². The molecule has 2 heterocycles. The molecule has 0 unspecified atom stereocenters. The number of aryl methyl sites for hydroxylation is 2. The Balaban J connectivity index is 1.24. The van der Waals surface area contributed by atoms with Gasteiger partial charge in [-0.3, -0.25) is 9.59 Å². The zero-order valence-corrected chi connectivity index (χ0v) is 19.7. The molecule has 6 heteroatoms. The Morgan fingerprint density at radius 1 is 0.906 bits per heavy atom. The van der Waals surface area contributed by atoms with Crippen LogP contribution in [0.2, 0.25) is 5.02 Å². The van der Waals surface area contributed by atoms with E-state index < -0.39 is 0 Å². The molecule has 5 nitrogen and oxygen atoms in total. The van der Waals surface area contributed by atoms with Crippen LogP contribution in [0.4, 0.5) is 5.69 Å². The Hall–Kier alpha value is -2.37. The van der Waals surface area contributed by atoms with Crippen molar-refractivity contribution in [3.8, 4) is 0 Å². The van der Waals surface area contributed by atoms with Crippen LogP contribution in [0.1, 0.15) is 47.2 Å². The van der Waals surface area contributed by atoms with E-state index in [9.17, 15) is 9.59 Å². The summed E-state index contributed by atoms with van der Waals surface area (Å²) in [6, 6.07) is 13.8. The van der Waals surface area contributed by atoms with Gasteiger partial charge in [0.1, 0.15) is 0 Å². The van der Waals surface area contributed by atoms with Crippen LogP contribution in [0.5, 0.6) is 0 Å². The monoisotopic (exact) mass is 453 g/mol. The Morgan fingerprint density at radius 3 is 2.25 bits per heavy atom. The van der Waals surface area contributed by atoms with E-state index in [-0.39, 0.29) is 17.7 Å². The molecule has 2 aliphatic heterocycles. The first-order chi connectivity index (χ1) is 15.4. The summed E-state index contributed by atoms with van der Waals surface area (Å²) in [5, 5.41) is 3.61. The van der Waals surface area contributed by atoms with Crippen LogP contribution in [0.15, 0.2) is 42.5 Å². The van der Waals surface area contributed by atoms with Crippen molar-refractivity contribution in [1.82, 2.24) is 9.80 Å². The first kappa shape index (κ1) is 22.8. The van der Waals surface area contributed by atoms with Crippen molar-refractivity contribution in [2.24, 2.45) is 5.92 Å². The fraction of sp³-hybridized carbons (Fsp3) is 0.462. The van der Waals surface area contributed by atoms with Gasteiger partial charge >= 0.3 is 0 Å². The predicted octanol–water partition coefficient (Wildman–Crippen LogP) is 4.91. The fourth-order valence-corrected chi connectivity index (χ4v) is 5.05. The van der Waals surface area contributed by atoms with E-state index in [0.29, 0.717) is 16.6 Å². The van der Waals surface area contributed by atoms with E-state index in [1.54, 1.807) is 12.1 Å². The summed E-state index contributed by atoms with van der Waals surface area (Å²) in [4.78, 5) is 30.0. The van der Waals surface area contributed by atoms with Crippen LogP contribution in [0.25, 0.3) is 0 Å². The number of carbonyl (C=O) groups is 2. The molecule has 32 heavy (non-hydrogen) atoms. The quantitative estimate of drug-likeness (QED) is 0.715. The van der Waals surface area contributed by atoms with Gasteiger partial charge in [-0.05, 0) is 88.0 Å². The Labute approximate surface area is 195 Å². The lowest BCUT2D eigenvalue weighted by atomic mass is 9.92. The highest BCUT2D eigenvalue weighted by molar-refractivity contribution is 6.33. The number of benzene rings is 2. The molecule has 2 amide bonds. The third-order valence-electron chi connectivity index (χ3n) is 7.05. The molecule has 0 radical (unpaired) electrons. The van der Waals surface area contributed by atoms with Crippen molar-refractivity contribution in [1.29, 1.82) is 0 Å². The summed E-state index contributed by atoms with van der Waals surface area (Å²) >= 11 is 6.21. The highest BCUT2D eigenvalue weighted by atomic mass is 35.5. The molecule has 0 bridgehead atoms. The number of carbonyl (C=O) groups excluding carboxylic acids is 2. The van der Waals surface area contributed by atoms with E-state index in [0.717, 1.165) is 57.5 Å². The first-order valence-corrected chi connectivity index (χ1v) is 12.0. The van der Waals surface area contributed by atoms with Gasteiger partial charge < -0.3 is 15.1 Å². The van der Waals surface area contributed by atoms with Gasteiger partial charge in [0.25, 0.3) is 5.91 Å². The van der Waals surface area contributed by atoms with Gasteiger partial charge in [0.2, 0.25) is 5.91 Å². The standard InChI is InChI=1S/C26H32ClN3O2/c1-18-7-8-21(17-19(18)2)28-25(31)20-9-13-29(14-10-20)22-11-15-30(16-12-22)26(32)23-5-3-4-6-24(23)27/h3-8,17,20,22H,9-16H2,1-2H3,(H,28,31). The number of amides is 2. The van der Waals surface area contributed by atoms with Crippen molar-refractivity contribution in [3.05, 3.63) is 64.2 Å². The van der Waals surface area contributed by atoms with Gasteiger partial charge in [-0.25, -0.2) is 0 Å². The molecule has 2 saturated heterocycles. The smallest absolute Gasteiger partial charge is 0.255 e. The lowest BCUT2D eigenvalue weighted by Gasteiger charge is -2.41. The van der Waals surface area contributed by atoms with Gasteiger partial charge in [0.05, 0.1) is 10.6 Å². The number of nitrogens with zero attached hydrogens (tertiary/aromatic N) is 2. The maximum Gasteiger partial charge on any atom is 0.255 e. The van der Waals surface area contributed by atoms with Crippen molar-refractivity contribution < 1.29 is 9.59 Å². The van der Waals surface area contributed by atoms with Gasteiger partial charge in [-0.2, -0.15) is 0 Å². The molecule has 170 valence electrons. The van der Waals surface area contributed by atoms with E-state index in [1.165, 1.54) is 11.1 Å². The number of halogens is 1. The Bertz CT molecular complexity index is 977. The molecule has 0 atom stereocenters. The van der Waals surface area contributed by atoms with Crippen molar-refractivity contribution >= 4 is 29.1 Å². The summed E-state index contributed by atoms with van der Waals surface area (Å²) in [6.07, 6.45) is 3.70. The van der Waals surface area contributed by atoms with E-state index in [2.05, 4.69) is 30.1 Å². The zero-order valence-electron chi connectivity index (χ0n) is 18.9. The second-order valence-electron chi connectivity index (χ2n) is 9.10. The lowest BCUT2D eigenvalue weighted by Crippen LogP contribution is -2.49. The maximum atomic E-state index is 12.8. The molecule has 4 rings (SSSR count). The van der Waals surface area contributed by atoms with Crippen LogP contribution in [-0.4, -0.2) is 53.8 Å². The molecule has 0 saturated carbocycles. The van der Waals surface area contributed by atoms with Crippen molar-refractivity contribution in [2.75, 3.05) is 31.5 Å². The molecule has 0 spiro atoms. The topological polar surface area (TPSA) is 52.7 Å². The molecular weight excluding hydrogens is 422 g/mol. The van der Waals surface area contributed by atoms with Crippen molar-refractivity contribution in [2.45, 2.75) is 45.6 Å². The lowest BCUT2D eigenvalue weighted by molar-refractivity contribution is -0.121. The van der Waals surface area contributed by atoms with Crippen LogP contribution >= 0.6 is 11.6 Å². The third kappa shape index (κ3) is 5.16. The zero-order chi connectivity index (χ0) is 22.7. The number of nitrogens with one attached hydrogen (secondary N) is 1. The maximum absolute atomic E-state index is 12.8. The molecule has 2 aromatic rings. The molecular formula is C26H32ClN3O2. The molecule has 1 N–H and O–H groups in total. The van der Waals surface area contributed by atoms with Crippen LogP contribution in [-0.2, 0) is 4.79 Å². The minimum Gasteiger partial charge on any atom is -0.338 e. The molecule has 0 aliphatic carbocycles. The predicted molar refractivity (Wildman–Crippen MR) is 129 cm³/mol. The average Bonchev–Trinajstić information content (AvgIpc) is 2.81. The average molecular weight is 454 g/mol. The SMILES string of the molecule is Cc1ccc(NC(=O)C2CCN(C3CCN(C(=O)c4ccccc4Cl)CC3)CC2)cc1C. The summed E-state index contributed by atoms with van der Waals surface area (Å²) in [7, 11) is 0. The number of anilines is 1. The van der Waals surface area contributed by atoms with E-state index >= 15 is 0 Å². The first-order valence-electron chi connectivity index (χ1n) is 11.6. The van der Waals surface area contributed by atoms with Crippen LogP contribution in [0.3, 0.4) is 0 Å². The number of likely N-dealkylation sites (tertiary alicyclic amines) is 2. The molecule has 2 aromatic carbocycles. The van der Waals surface area contributed by atoms with E-state index in [1.807, 2.05) is 29.2 Å². The van der Waals surface area contributed by atoms with Gasteiger partial charge in [0.15, 0.2) is 0 Å². The summed E-state index contributed by atoms with van der Waals surface area (Å²) in [5.74, 6) is 0.221. The number of hydrogen-bond acceptors (Lipinski definition) is 3. The van der Waals surface area contributed by atoms with Crippen molar-refractivity contribution in [3.63, 3.8) is 0 Å². The second-order valence-corrected chi connectivity index (χ2v) is 9.51. The molecule has 2 aliphatic rings.